The van der Waals surface area contributed by atoms with E-state index in [0.29, 0.717) is 18.1 Å². The molecule has 0 amide bonds. The van der Waals surface area contributed by atoms with Crippen molar-refractivity contribution >= 4 is 46.5 Å². The van der Waals surface area contributed by atoms with Crippen molar-refractivity contribution in [3.63, 3.8) is 0 Å². The average molecular weight is 447 g/mol. The van der Waals surface area contributed by atoms with Gasteiger partial charge in [-0.25, -0.2) is 4.98 Å². The van der Waals surface area contributed by atoms with Gasteiger partial charge in [-0.05, 0) is 30.7 Å². The lowest BCUT2D eigenvalue weighted by molar-refractivity contribution is -0.141. The Morgan fingerprint density at radius 2 is 1.83 bits per heavy atom. The summed E-state index contributed by atoms with van der Waals surface area (Å²) in [6.07, 6.45) is 1.76. The van der Waals surface area contributed by atoms with Crippen LogP contribution in [-0.4, -0.2) is 67.4 Å². The molecule has 158 valence electrons. The summed E-state index contributed by atoms with van der Waals surface area (Å²) < 4.78 is 0. The van der Waals surface area contributed by atoms with E-state index in [-0.39, 0.29) is 13.1 Å². The van der Waals surface area contributed by atoms with Gasteiger partial charge in [-0.2, -0.15) is 0 Å². The summed E-state index contributed by atoms with van der Waals surface area (Å²) in [5.74, 6) is -0.816. The smallest absolute Gasteiger partial charge is 0.317 e. The van der Waals surface area contributed by atoms with E-state index in [4.69, 9.17) is 10.2 Å². The summed E-state index contributed by atoms with van der Waals surface area (Å²) in [7, 11) is 0. The molecule has 0 spiro atoms. The van der Waals surface area contributed by atoms with Crippen molar-refractivity contribution in [2.75, 3.05) is 25.4 Å². The summed E-state index contributed by atoms with van der Waals surface area (Å²) in [6.45, 7) is 1.80. The van der Waals surface area contributed by atoms with Gasteiger partial charge in [0.2, 0.25) is 0 Å². The van der Waals surface area contributed by atoms with Gasteiger partial charge >= 0.3 is 11.9 Å². The van der Waals surface area contributed by atoms with Crippen LogP contribution in [-0.2, 0) is 15.3 Å². The van der Waals surface area contributed by atoms with Gasteiger partial charge in [-0.15, -0.1) is 11.8 Å². The Morgan fingerprint density at radius 1 is 1.10 bits per heavy atom. The van der Waals surface area contributed by atoms with Crippen molar-refractivity contribution in [1.29, 1.82) is 0 Å². The van der Waals surface area contributed by atoms with Gasteiger partial charge in [0.05, 0.1) is 29.8 Å². The number of carboxylic acid groups (broad SMARTS) is 2. The summed E-state index contributed by atoms with van der Waals surface area (Å²) >= 11 is 3.16. The van der Waals surface area contributed by atoms with E-state index < -0.39 is 11.9 Å². The van der Waals surface area contributed by atoms with E-state index in [1.54, 1.807) is 29.7 Å². The number of para-hydroxylation sites is 2. The number of carboxylic acids is 2. The standard InChI is InChI=1S/C20H22N4O4S2/c1-13-16(12-30-20-22-14-4-2-3-5-15(14)23-20)21-7-6-17(13)29-9-8-24(10-18(25)26)11-19(27)28/h2-7H,8-12H2,1H3,(H,22,23)(H,25,26)(H,27,28). The molecule has 0 saturated heterocycles. The summed E-state index contributed by atoms with van der Waals surface area (Å²) in [5, 5.41) is 18.7. The van der Waals surface area contributed by atoms with Crippen LogP contribution in [0.15, 0.2) is 46.6 Å². The zero-order valence-electron chi connectivity index (χ0n) is 16.4. The maximum absolute atomic E-state index is 10.9. The molecule has 0 aliphatic heterocycles. The first-order valence-corrected chi connectivity index (χ1v) is 11.2. The quantitative estimate of drug-likeness (QED) is 0.382. The number of aromatic amines is 1. The molecule has 8 nitrogen and oxygen atoms in total. The molecular formula is C20H22N4O4S2. The maximum Gasteiger partial charge on any atom is 0.317 e. The number of benzene rings is 1. The number of hydrogen-bond acceptors (Lipinski definition) is 7. The van der Waals surface area contributed by atoms with Gasteiger partial charge < -0.3 is 15.2 Å². The SMILES string of the molecule is Cc1c(SCCN(CC(=O)O)CC(=O)O)ccnc1CSc1nc2ccccc2[nH]1. The van der Waals surface area contributed by atoms with E-state index in [1.807, 2.05) is 37.3 Å². The predicted molar refractivity (Wildman–Crippen MR) is 117 cm³/mol. The highest BCUT2D eigenvalue weighted by Crippen LogP contribution is 2.28. The number of H-pyrrole nitrogens is 1. The number of nitrogens with zero attached hydrogens (tertiary/aromatic N) is 3. The number of fused-ring (bicyclic) bond motifs is 1. The third kappa shape index (κ3) is 6.22. The Bertz CT molecular complexity index is 992. The molecule has 10 heteroatoms. The molecule has 0 bridgehead atoms. The highest BCUT2D eigenvalue weighted by molar-refractivity contribution is 7.99. The van der Waals surface area contributed by atoms with Crippen molar-refractivity contribution in [2.45, 2.75) is 22.7 Å². The van der Waals surface area contributed by atoms with Crippen LogP contribution in [0.5, 0.6) is 0 Å². The van der Waals surface area contributed by atoms with E-state index in [1.165, 1.54) is 4.90 Å². The molecule has 1 aromatic carbocycles. The molecule has 2 heterocycles. The Labute approximate surface area is 182 Å². The van der Waals surface area contributed by atoms with Gasteiger partial charge in [0.15, 0.2) is 5.16 Å². The minimum absolute atomic E-state index is 0.290. The molecule has 0 radical (unpaired) electrons. The number of rotatable bonds is 11. The molecule has 0 fully saturated rings. The van der Waals surface area contributed by atoms with Crippen LogP contribution < -0.4 is 0 Å². The zero-order valence-corrected chi connectivity index (χ0v) is 18.0. The van der Waals surface area contributed by atoms with Crippen LogP contribution in [0.4, 0.5) is 0 Å². The van der Waals surface area contributed by atoms with Gasteiger partial charge in [0, 0.05) is 29.1 Å². The van der Waals surface area contributed by atoms with Crippen LogP contribution in [0.3, 0.4) is 0 Å². The highest BCUT2D eigenvalue weighted by Gasteiger charge is 2.14. The number of nitrogens with one attached hydrogen (secondary N) is 1. The Hall–Kier alpha value is -2.56. The van der Waals surface area contributed by atoms with Gasteiger partial charge in [-0.3, -0.25) is 19.5 Å². The number of pyridine rings is 1. The first kappa shape index (κ1) is 22.1. The minimum atomic E-state index is -1.04. The predicted octanol–water partition coefficient (Wildman–Crippen LogP) is 3.12. The molecular weight excluding hydrogens is 424 g/mol. The molecule has 2 aromatic heterocycles. The topological polar surface area (TPSA) is 119 Å². The summed E-state index contributed by atoms with van der Waals surface area (Å²) in [5.41, 5.74) is 3.95. The maximum atomic E-state index is 10.9. The van der Waals surface area contributed by atoms with Crippen LogP contribution in [0.2, 0.25) is 0 Å². The Morgan fingerprint density at radius 3 is 2.53 bits per heavy atom. The van der Waals surface area contributed by atoms with Crippen LogP contribution in [0, 0.1) is 6.92 Å². The molecule has 0 saturated carbocycles. The number of aliphatic carboxylic acids is 2. The second-order valence-electron chi connectivity index (χ2n) is 6.58. The third-order valence-electron chi connectivity index (χ3n) is 4.35. The molecule has 3 N–H and O–H groups in total. The molecule has 0 atom stereocenters. The van der Waals surface area contributed by atoms with Crippen molar-refractivity contribution in [3.05, 3.63) is 47.8 Å². The molecule has 3 rings (SSSR count). The number of aromatic nitrogens is 3. The highest BCUT2D eigenvalue weighted by atomic mass is 32.2. The fourth-order valence-corrected chi connectivity index (χ4v) is 4.85. The van der Waals surface area contributed by atoms with Gasteiger partial charge in [0.1, 0.15) is 0 Å². The van der Waals surface area contributed by atoms with Crippen LogP contribution in [0.1, 0.15) is 11.3 Å². The number of carbonyl (C=O) groups is 2. The lowest BCUT2D eigenvalue weighted by Crippen LogP contribution is -2.36. The Kier molecular flexibility index (Phi) is 7.72. The number of thioether (sulfide) groups is 2. The number of hydrogen-bond donors (Lipinski definition) is 3. The molecule has 0 unspecified atom stereocenters. The molecule has 30 heavy (non-hydrogen) atoms. The lowest BCUT2D eigenvalue weighted by Gasteiger charge is -2.18. The molecule has 3 aromatic rings. The Balaban J connectivity index is 1.58. The first-order chi connectivity index (χ1) is 14.4. The van der Waals surface area contributed by atoms with Crippen molar-refractivity contribution < 1.29 is 19.8 Å². The largest absolute Gasteiger partial charge is 0.480 e. The van der Waals surface area contributed by atoms with Crippen molar-refractivity contribution in [2.24, 2.45) is 0 Å². The van der Waals surface area contributed by atoms with Gasteiger partial charge in [0.25, 0.3) is 0 Å². The molecule has 0 aliphatic carbocycles. The fourth-order valence-electron chi connectivity index (χ4n) is 2.88. The van der Waals surface area contributed by atoms with Crippen LogP contribution in [0.25, 0.3) is 11.0 Å². The van der Waals surface area contributed by atoms with Crippen molar-refractivity contribution in [1.82, 2.24) is 19.9 Å². The first-order valence-electron chi connectivity index (χ1n) is 9.23. The lowest BCUT2D eigenvalue weighted by atomic mass is 10.2. The van der Waals surface area contributed by atoms with E-state index in [2.05, 4.69) is 15.0 Å². The minimum Gasteiger partial charge on any atom is -0.480 e. The third-order valence-corrected chi connectivity index (χ3v) is 6.38. The molecule has 0 aliphatic rings. The van der Waals surface area contributed by atoms with Gasteiger partial charge in [-0.1, -0.05) is 23.9 Å². The average Bonchev–Trinajstić information content (AvgIpc) is 3.10. The summed E-state index contributed by atoms with van der Waals surface area (Å²) in [6, 6.07) is 9.81. The van der Waals surface area contributed by atoms with E-state index >= 15 is 0 Å². The zero-order chi connectivity index (χ0) is 21.5. The number of imidazole rings is 1. The van der Waals surface area contributed by atoms with E-state index in [9.17, 15) is 9.59 Å². The monoisotopic (exact) mass is 446 g/mol. The van der Waals surface area contributed by atoms with Crippen molar-refractivity contribution in [3.8, 4) is 0 Å². The normalized spacial score (nSPS) is 11.3. The van der Waals surface area contributed by atoms with E-state index in [0.717, 1.165) is 32.3 Å². The second kappa shape index (κ2) is 10.5. The second-order valence-corrected chi connectivity index (χ2v) is 8.68. The summed E-state index contributed by atoms with van der Waals surface area (Å²) in [4.78, 5) is 36.6. The fraction of sp³-hybridized carbons (Fsp3) is 0.300. The van der Waals surface area contributed by atoms with Crippen LogP contribution >= 0.6 is 23.5 Å².